The van der Waals surface area contributed by atoms with E-state index in [9.17, 15) is 4.79 Å². The van der Waals surface area contributed by atoms with Crippen LogP contribution in [-0.2, 0) is 4.79 Å². The number of aromatic amines is 1. The van der Waals surface area contributed by atoms with Crippen molar-refractivity contribution in [1.29, 1.82) is 0 Å². The number of benzene rings is 1. The van der Waals surface area contributed by atoms with Gasteiger partial charge in [-0.25, -0.2) is 0 Å². The summed E-state index contributed by atoms with van der Waals surface area (Å²) in [4.78, 5) is 16.7. The Morgan fingerprint density at radius 2 is 1.81 bits per heavy atom. The molecule has 1 N–H and O–H groups in total. The minimum atomic E-state index is 0.0506. The van der Waals surface area contributed by atoms with E-state index in [1.807, 2.05) is 35.2 Å². The number of carbonyl (C=O) groups excluding carboxylic acids is 1. The van der Waals surface area contributed by atoms with Crippen LogP contribution in [0.5, 0.6) is 5.75 Å². The summed E-state index contributed by atoms with van der Waals surface area (Å²) in [7, 11) is 0. The summed E-state index contributed by atoms with van der Waals surface area (Å²) in [6, 6.07) is 9.98. The lowest BCUT2D eigenvalue weighted by molar-refractivity contribution is -0.134. The van der Waals surface area contributed by atoms with Gasteiger partial charge in [0.2, 0.25) is 5.91 Å². The minimum absolute atomic E-state index is 0.0506. The second-order valence-corrected chi connectivity index (χ2v) is 8.30. The predicted octanol–water partition coefficient (Wildman–Crippen LogP) is 3.04. The van der Waals surface area contributed by atoms with Crippen LogP contribution in [0.3, 0.4) is 0 Å². The van der Waals surface area contributed by atoms with Crippen molar-refractivity contribution in [2.45, 2.75) is 27.2 Å². The number of amides is 1. The number of nitrogens with one attached hydrogen (secondary N) is 1. The van der Waals surface area contributed by atoms with E-state index in [1.54, 1.807) is 6.20 Å². The van der Waals surface area contributed by atoms with Crippen molar-refractivity contribution in [3.8, 4) is 17.0 Å². The monoisotopic (exact) mass is 370 g/mol. The lowest BCUT2D eigenvalue weighted by atomic mass is 9.91. The molecule has 1 aromatic carbocycles. The average molecular weight is 370 g/mol. The fourth-order valence-electron chi connectivity index (χ4n) is 3.23. The van der Waals surface area contributed by atoms with Gasteiger partial charge in [-0.2, -0.15) is 5.10 Å². The molecule has 6 heteroatoms. The molecule has 0 unspecified atom stereocenters. The molecule has 0 aliphatic carbocycles. The highest BCUT2D eigenvalue weighted by atomic mass is 16.5. The molecule has 1 fully saturated rings. The first kappa shape index (κ1) is 19.4. The fraction of sp³-hybridized carbons (Fsp3) is 0.524. The van der Waals surface area contributed by atoms with E-state index < -0.39 is 0 Å². The molecule has 1 aromatic heterocycles. The van der Waals surface area contributed by atoms with Crippen LogP contribution in [0.15, 0.2) is 36.5 Å². The average Bonchev–Trinajstić information content (AvgIpc) is 3.16. The zero-order valence-electron chi connectivity index (χ0n) is 16.6. The number of carbonyl (C=O) groups is 1. The maximum atomic E-state index is 12.3. The second-order valence-electron chi connectivity index (χ2n) is 8.30. The van der Waals surface area contributed by atoms with Gasteiger partial charge in [0.25, 0.3) is 0 Å². The Labute approximate surface area is 161 Å². The second kappa shape index (κ2) is 8.57. The van der Waals surface area contributed by atoms with Crippen molar-refractivity contribution in [3.05, 3.63) is 36.5 Å². The number of hydrogen-bond donors (Lipinski definition) is 1. The Morgan fingerprint density at radius 1 is 1.11 bits per heavy atom. The molecule has 146 valence electrons. The Kier molecular flexibility index (Phi) is 6.16. The van der Waals surface area contributed by atoms with E-state index in [0.717, 1.165) is 49.7 Å². The van der Waals surface area contributed by atoms with Crippen LogP contribution in [0.1, 0.15) is 27.2 Å². The third-order valence-corrected chi connectivity index (χ3v) is 4.75. The topological polar surface area (TPSA) is 61.5 Å². The van der Waals surface area contributed by atoms with Crippen molar-refractivity contribution in [2.75, 3.05) is 39.3 Å². The molecule has 0 spiro atoms. The normalized spacial score (nSPS) is 15.7. The van der Waals surface area contributed by atoms with E-state index in [-0.39, 0.29) is 11.3 Å². The van der Waals surface area contributed by atoms with Gasteiger partial charge in [0.05, 0.1) is 5.69 Å². The van der Waals surface area contributed by atoms with Crippen molar-refractivity contribution in [2.24, 2.45) is 5.41 Å². The van der Waals surface area contributed by atoms with Crippen LogP contribution < -0.4 is 4.74 Å². The van der Waals surface area contributed by atoms with E-state index in [4.69, 9.17) is 4.74 Å². The van der Waals surface area contributed by atoms with Crippen molar-refractivity contribution in [3.63, 3.8) is 0 Å². The molecule has 1 aliphatic heterocycles. The summed E-state index contributed by atoms with van der Waals surface area (Å²) in [6.45, 7) is 11.3. The quantitative estimate of drug-likeness (QED) is 0.849. The number of aromatic nitrogens is 2. The van der Waals surface area contributed by atoms with Crippen LogP contribution in [0, 0.1) is 5.41 Å². The smallest absolute Gasteiger partial charge is 0.223 e. The molecule has 0 saturated carbocycles. The summed E-state index contributed by atoms with van der Waals surface area (Å²) < 4.78 is 5.87. The fourth-order valence-corrected chi connectivity index (χ4v) is 3.23. The van der Waals surface area contributed by atoms with Crippen molar-refractivity contribution < 1.29 is 9.53 Å². The highest BCUT2D eigenvalue weighted by Crippen LogP contribution is 2.21. The van der Waals surface area contributed by atoms with Crippen LogP contribution >= 0.6 is 0 Å². The Bertz CT molecular complexity index is 712. The van der Waals surface area contributed by atoms with E-state index >= 15 is 0 Å². The summed E-state index contributed by atoms with van der Waals surface area (Å²) >= 11 is 0. The first-order valence-electron chi connectivity index (χ1n) is 9.63. The van der Waals surface area contributed by atoms with Gasteiger partial charge >= 0.3 is 0 Å². The Balaban J connectivity index is 1.37. The Morgan fingerprint density at radius 3 is 2.41 bits per heavy atom. The van der Waals surface area contributed by atoms with Gasteiger partial charge in [-0.3, -0.25) is 14.8 Å². The Hall–Kier alpha value is -2.34. The molecule has 0 radical (unpaired) electrons. The number of rotatable bonds is 6. The lowest BCUT2D eigenvalue weighted by Gasteiger charge is -2.35. The zero-order chi connectivity index (χ0) is 19.3. The van der Waals surface area contributed by atoms with E-state index in [0.29, 0.717) is 13.0 Å². The maximum Gasteiger partial charge on any atom is 0.223 e. The predicted molar refractivity (Wildman–Crippen MR) is 107 cm³/mol. The molecular formula is C21H30N4O2. The lowest BCUT2D eigenvalue weighted by Crippen LogP contribution is -2.50. The maximum absolute atomic E-state index is 12.3. The molecule has 3 rings (SSSR count). The number of hydrogen-bond acceptors (Lipinski definition) is 4. The highest BCUT2D eigenvalue weighted by molar-refractivity contribution is 5.76. The van der Waals surface area contributed by atoms with Crippen LogP contribution in [0.4, 0.5) is 0 Å². The van der Waals surface area contributed by atoms with Gasteiger partial charge in [0, 0.05) is 45.3 Å². The summed E-state index contributed by atoms with van der Waals surface area (Å²) in [5.74, 6) is 1.15. The highest BCUT2D eigenvalue weighted by Gasteiger charge is 2.24. The van der Waals surface area contributed by atoms with E-state index in [1.165, 1.54) is 0 Å². The first-order chi connectivity index (χ1) is 12.9. The molecule has 1 amide bonds. The van der Waals surface area contributed by atoms with Gasteiger partial charge in [-0.1, -0.05) is 20.8 Å². The number of H-pyrrole nitrogens is 1. The number of piperazine rings is 1. The van der Waals surface area contributed by atoms with Crippen LogP contribution in [-0.4, -0.2) is 65.2 Å². The SMILES string of the molecule is CC(C)(C)CC(=O)N1CCN(CCOc2ccc(-c3ccn[nH]3)cc2)CC1. The van der Waals surface area contributed by atoms with Crippen LogP contribution in [0.25, 0.3) is 11.3 Å². The molecule has 1 saturated heterocycles. The van der Waals surface area contributed by atoms with Crippen molar-refractivity contribution >= 4 is 5.91 Å². The molecule has 2 heterocycles. The molecule has 2 aromatic rings. The zero-order valence-corrected chi connectivity index (χ0v) is 16.6. The van der Waals surface area contributed by atoms with E-state index in [2.05, 4.69) is 35.9 Å². The van der Waals surface area contributed by atoms with Crippen LogP contribution in [0.2, 0.25) is 0 Å². The first-order valence-corrected chi connectivity index (χ1v) is 9.63. The molecule has 1 aliphatic rings. The van der Waals surface area contributed by atoms with Gasteiger partial charge in [0.1, 0.15) is 12.4 Å². The molecule has 0 bridgehead atoms. The molecular weight excluding hydrogens is 340 g/mol. The van der Waals surface area contributed by atoms with Gasteiger partial charge < -0.3 is 9.64 Å². The number of ether oxygens (including phenoxy) is 1. The van der Waals surface area contributed by atoms with Crippen molar-refractivity contribution in [1.82, 2.24) is 20.0 Å². The summed E-state index contributed by atoms with van der Waals surface area (Å²) in [5.41, 5.74) is 2.14. The standard InChI is InChI=1S/C21H30N4O2/c1-21(2,3)16-20(26)25-12-10-24(11-13-25)14-15-27-18-6-4-17(5-7-18)19-8-9-22-23-19/h4-9H,10-16H2,1-3H3,(H,22,23). The van der Waals surface area contributed by atoms with Gasteiger partial charge in [0.15, 0.2) is 0 Å². The summed E-state index contributed by atoms with van der Waals surface area (Å²) in [6.07, 6.45) is 2.36. The van der Waals surface area contributed by atoms with Gasteiger partial charge in [-0.05, 0) is 41.3 Å². The number of nitrogens with zero attached hydrogens (tertiary/aromatic N) is 3. The molecule has 0 atom stereocenters. The molecule has 27 heavy (non-hydrogen) atoms. The largest absolute Gasteiger partial charge is 0.492 e. The minimum Gasteiger partial charge on any atom is -0.492 e. The summed E-state index contributed by atoms with van der Waals surface area (Å²) in [5, 5.41) is 6.93. The third-order valence-electron chi connectivity index (χ3n) is 4.75. The molecule has 6 nitrogen and oxygen atoms in total. The third kappa shape index (κ3) is 5.82. The van der Waals surface area contributed by atoms with Gasteiger partial charge in [-0.15, -0.1) is 0 Å².